The van der Waals surface area contributed by atoms with Crippen molar-refractivity contribution in [3.05, 3.63) is 95.9 Å². The van der Waals surface area contributed by atoms with Gasteiger partial charge in [0, 0.05) is 12.1 Å². The highest BCUT2D eigenvalue weighted by Gasteiger charge is 2.21. The van der Waals surface area contributed by atoms with Gasteiger partial charge in [0.15, 0.2) is 18.3 Å². The number of quaternary nitrogens is 1. The van der Waals surface area contributed by atoms with Gasteiger partial charge in [-0.05, 0) is 30.5 Å². The number of hydrogen-bond donors (Lipinski definition) is 2. The van der Waals surface area contributed by atoms with Crippen LogP contribution in [-0.2, 0) is 11.2 Å². The normalized spacial score (nSPS) is 11.8. The average molecular weight is 349 g/mol. The van der Waals surface area contributed by atoms with Gasteiger partial charge < -0.3 is 15.1 Å². The van der Waals surface area contributed by atoms with E-state index in [0.717, 1.165) is 24.2 Å². The van der Waals surface area contributed by atoms with E-state index in [2.05, 4.69) is 29.6 Å². The standard InChI is InChI=1S/C22H24N2O2/c25-21(23-15-7-11-18-9-3-1-4-10-18)17-24-22(20-14-8-16-26-20)19-12-5-2-6-13-19/h1-6,8-10,12-14,16,22,24H,7,11,15,17H2,(H,23,25)/p+1/t22-/m0/s1. The first-order chi connectivity index (χ1) is 12.8. The van der Waals surface area contributed by atoms with Gasteiger partial charge in [0.2, 0.25) is 0 Å². The summed E-state index contributed by atoms with van der Waals surface area (Å²) in [7, 11) is 0. The smallest absolute Gasteiger partial charge is 0.275 e. The lowest BCUT2D eigenvalue weighted by Gasteiger charge is -2.14. The summed E-state index contributed by atoms with van der Waals surface area (Å²) < 4.78 is 5.57. The topological polar surface area (TPSA) is 58.9 Å². The third-order valence-corrected chi connectivity index (χ3v) is 4.35. The summed E-state index contributed by atoms with van der Waals surface area (Å²) in [5, 5.41) is 5.02. The second-order valence-electron chi connectivity index (χ2n) is 6.28. The van der Waals surface area contributed by atoms with E-state index in [9.17, 15) is 4.79 Å². The lowest BCUT2D eigenvalue weighted by atomic mass is 10.0. The Morgan fingerprint density at radius 3 is 2.38 bits per heavy atom. The van der Waals surface area contributed by atoms with Crippen molar-refractivity contribution in [2.24, 2.45) is 0 Å². The van der Waals surface area contributed by atoms with E-state index in [-0.39, 0.29) is 11.9 Å². The summed E-state index contributed by atoms with van der Waals surface area (Å²) >= 11 is 0. The molecule has 0 aliphatic rings. The summed E-state index contributed by atoms with van der Waals surface area (Å²) in [5.41, 5.74) is 2.43. The molecule has 1 amide bonds. The van der Waals surface area contributed by atoms with E-state index in [1.165, 1.54) is 5.56 Å². The van der Waals surface area contributed by atoms with Crippen molar-refractivity contribution >= 4 is 5.91 Å². The number of aryl methyl sites for hydroxylation is 1. The van der Waals surface area contributed by atoms with Crippen LogP contribution in [0, 0.1) is 0 Å². The highest BCUT2D eigenvalue weighted by Crippen LogP contribution is 2.18. The predicted molar refractivity (Wildman–Crippen MR) is 102 cm³/mol. The second-order valence-corrected chi connectivity index (χ2v) is 6.28. The monoisotopic (exact) mass is 349 g/mol. The van der Waals surface area contributed by atoms with E-state index >= 15 is 0 Å². The quantitative estimate of drug-likeness (QED) is 0.584. The third-order valence-electron chi connectivity index (χ3n) is 4.35. The van der Waals surface area contributed by atoms with Gasteiger partial charge in [0.1, 0.15) is 0 Å². The van der Waals surface area contributed by atoms with Crippen molar-refractivity contribution in [2.75, 3.05) is 13.1 Å². The molecular weight excluding hydrogens is 324 g/mol. The van der Waals surface area contributed by atoms with Gasteiger partial charge in [-0.25, -0.2) is 0 Å². The van der Waals surface area contributed by atoms with Crippen LogP contribution in [0.5, 0.6) is 0 Å². The Labute approximate surface area is 154 Å². The van der Waals surface area contributed by atoms with E-state index in [1.54, 1.807) is 6.26 Å². The fourth-order valence-corrected chi connectivity index (χ4v) is 3.01. The molecule has 0 aliphatic carbocycles. The fraction of sp³-hybridized carbons (Fsp3) is 0.227. The fourth-order valence-electron chi connectivity index (χ4n) is 3.01. The lowest BCUT2D eigenvalue weighted by molar-refractivity contribution is -0.678. The van der Waals surface area contributed by atoms with Crippen LogP contribution in [0.3, 0.4) is 0 Å². The molecule has 0 radical (unpaired) electrons. The summed E-state index contributed by atoms with van der Waals surface area (Å²) in [4.78, 5) is 12.2. The molecule has 4 heteroatoms. The Morgan fingerprint density at radius 2 is 1.69 bits per heavy atom. The molecule has 134 valence electrons. The Balaban J connectivity index is 1.46. The van der Waals surface area contributed by atoms with E-state index < -0.39 is 0 Å². The SMILES string of the molecule is O=C(C[NH2+][C@@H](c1ccccc1)c1ccco1)NCCCc1ccccc1. The van der Waals surface area contributed by atoms with Gasteiger partial charge >= 0.3 is 0 Å². The van der Waals surface area contributed by atoms with Gasteiger partial charge in [-0.2, -0.15) is 0 Å². The molecule has 26 heavy (non-hydrogen) atoms. The Hall–Kier alpha value is -2.85. The molecule has 0 aliphatic heterocycles. The van der Waals surface area contributed by atoms with Crippen LogP contribution in [0.4, 0.5) is 0 Å². The maximum atomic E-state index is 12.2. The molecule has 3 N–H and O–H groups in total. The Kier molecular flexibility index (Phi) is 6.62. The highest BCUT2D eigenvalue weighted by molar-refractivity contribution is 5.76. The number of hydrogen-bond acceptors (Lipinski definition) is 2. The molecule has 0 saturated carbocycles. The maximum absolute atomic E-state index is 12.2. The second kappa shape index (κ2) is 9.59. The summed E-state index contributed by atoms with van der Waals surface area (Å²) in [6.45, 7) is 1.06. The van der Waals surface area contributed by atoms with Crippen LogP contribution < -0.4 is 10.6 Å². The highest BCUT2D eigenvalue weighted by atomic mass is 16.3. The van der Waals surface area contributed by atoms with E-state index in [0.29, 0.717) is 13.1 Å². The van der Waals surface area contributed by atoms with E-state index in [4.69, 9.17) is 4.42 Å². The van der Waals surface area contributed by atoms with Crippen molar-refractivity contribution in [3.63, 3.8) is 0 Å². The number of amides is 1. The number of carbonyl (C=O) groups excluding carboxylic acids is 1. The first-order valence-electron chi connectivity index (χ1n) is 9.05. The molecule has 1 aromatic heterocycles. The van der Waals surface area contributed by atoms with Crippen LogP contribution in [0.25, 0.3) is 0 Å². The zero-order valence-corrected chi connectivity index (χ0v) is 14.8. The zero-order valence-electron chi connectivity index (χ0n) is 14.8. The molecular formula is C22H25N2O2+. The van der Waals surface area contributed by atoms with Gasteiger partial charge in [0.05, 0.1) is 6.26 Å². The minimum Gasteiger partial charge on any atom is -0.463 e. The first-order valence-corrected chi connectivity index (χ1v) is 9.05. The zero-order chi connectivity index (χ0) is 18.0. The van der Waals surface area contributed by atoms with Gasteiger partial charge in [-0.3, -0.25) is 4.79 Å². The molecule has 2 aromatic carbocycles. The Bertz CT molecular complexity index is 770. The van der Waals surface area contributed by atoms with Crippen LogP contribution in [0.1, 0.15) is 29.3 Å². The van der Waals surface area contributed by atoms with Gasteiger partial charge in [0.25, 0.3) is 5.91 Å². The van der Waals surface area contributed by atoms with Crippen molar-refractivity contribution in [1.29, 1.82) is 0 Å². The molecule has 1 heterocycles. The lowest BCUT2D eigenvalue weighted by Crippen LogP contribution is -2.87. The number of furan rings is 1. The molecule has 4 nitrogen and oxygen atoms in total. The summed E-state index contributed by atoms with van der Waals surface area (Å²) in [6, 6.07) is 24.3. The van der Waals surface area contributed by atoms with Gasteiger partial charge in [-0.1, -0.05) is 60.7 Å². The number of nitrogens with two attached hydrogens (primary N) is 1. The minimum atomic E-state index is -0.0127. The molecule has 0 bridgehead atoms. The third kappa shape index (κ3) is 5.33. The molecule has 0 fully saturated rings. The molecule has 3 aromatic rings. The van der Waals surface area contributed by atoms with Crippen molar-refractivity contribution < 1.29 is 14.5 Å². The first kappa shape index (κ1) is 18.0. The Morgan fingerprint density at radius 1 is 0.962 bits per heavy atom. The van der Waals surface area contributed by atoms with Crippen LogP contribution >= 0.6 is 0 Å². The van der Waals surface area contributed by atoms with Crippen LogP contribution in [0.2, 0.25) is 0 Å². The number of nitrogens with one attached hydrogen (secondary N) is 1. The average Bonchev–Trinajstić information content (AvgIpc) is 3.22. The number of rotatable bonds is 9. The van der Waals surface area contributed by atoms with Crippen molar-refractivity contribution in [2.45, 2.75) is 18.9 Å². The number of carbonyl (C=O) groups is 1. The van der Waals surface area contributed by atoms with Crippen molar-refractivity contribution in [1.82, 2.24) is 5.32 Å². The van der Waals surface area contributed by atoms with Crippen LogP contribution in [-0.4, -0.2) is 19.0 Å². The molecule has 0 saturated heterocycles. The van der Waals surface area contributed by atoms with E-state index in [1.807, 2.05) is 53.8 Å². The molecule has 0 spiro atoms. The molecule has 1 atom stereocenters. The summed E-state index contributed by atoms with van der Waals surface area (Å²) in [5.74, 6) is 0.902. The summed E-state index contributed by atoms with van der Waals surface area (Å²) in [6.07, 6.45) is 3.59. The molecule has 3 rings (SSSR count). The predicted octanol–water partition coefficient (Wildman–Crippen LogP) is 2.68. The van der Waals surface area contributed by atoms with Crippen LogP contribution in [0.15, 0.2) is 83.5 Å². The minimum absolute atomic E-state index is 0.0127. The van der Waals surface area contributed by atoms with Gasteiger partial charge in [-0.15, -0.1) is 0 Å². The molecule has 0 unspecified atom stereocenters. The number of benzene rings is 2. The van der Waals surface area contributed by atoms with Crippen molar-refractivity contribution in [3.8, 4) is 0 Å². The largest absolute Gasteiger partial charge is 0.463 e. The maximum Gasteiger partial charge on any atom is 0.275 e.